The Balaban J connectivity index is 2.03. The number of hydrogen-bond donors (Lipinski definition) is 0. The standard InChI is InChI=1S/C20H15F3N2O2S/c1-3-12-27-28(26)17-10-8-16(9-11-17)25-18(13-19(24-25)20(21,22)23)15-6-4-14(2)5-7-15/h1,4-11,13H,12H2,2H3/t28-/m1/s1. The maximum absolute atomic E-state index is 13.2. The van der Waals surface area contributed by atoms with Crippen LogP contribution in [0.5, 0.6) is 0 Å². The van der Waals surface area contributed by atoms with E-state index >= 15 is 0 Å². The van der Waals surface area contributed by atoms with Crippen LogP contribution in [0.4, 0.5) is 13.2 Å². The third-order valence-corrected chi connectivity index (χ3v) is 4.86. The summed E-state index contributed by atoms with van der Waals surface area (Å²) < 4.78 is 57.7. The topological polar surface area (TPSA) is 44.1 Å². The van der Waals surface area contributed by atoms with Crippen LogP contribution >= 0.6 is 0 Å². The van der Waals surface area contributed by atoms with Crippen molar-refractivity contribution in [3.05, 3.63) is 65.9 Å². The Hall–Kier alpha value is -2.89. The van der Waals surface area contributed by atoms with Crippen molar-refractivity contribution in [2.24, 2.45) is 0 Å². The van der Waals surface area contributed by atoms with Crippen LogP contribution in [0.25, 0.3) is 16.9 Å². The number of alkyl halides is 3. The van der Waals surface area contributed by atoms with Crippen LogP contribution in [0, 0.1) is 19.3 Å². The zero-order chi connectivity index (χ0) is 20.3. The number of terminal acetylenes is 1. The van der Waals surface area contributed by atoms with Gasteiger partial charge in [-0.05, 0) is 37.3 Å². The molecule has 1 atom stereocenters. The van der Waals surface area contributed by atoms with Crippen LogP contribution in [-0.4, -0.2) is 20.6 Å². The monoisotopic (exact) mass is 404 g/mol. The number of benzene rings is 2. The third-order valence-electron chi connectivity index (χ3n) is 3.87. The predicted octanol–water partition coefficient (Wildman–Crippen LogP) is 4.54. The first-order valence-electron chi connectivity index (χ1n) is 8.13. The van der Waals surface area contributed by atoms with E-state index in [9.17, 15) is 17.4 Å². The van der Waals surface area contributed by atoms with Crippen molar-refractivity contribution in [2.45, 2.75) is 18.0 Å². The highest BCUT2D eigenvalue weighted by molar-refractivity contribution is 7.80. The number of rotatable bonds is 5. The van der Waals surface area contributed by atoms with Crippen molar-refractivity contribution in [3.8, 4) is 29.3 Å². The second-order valence-corrected chi connectivity index (χ2v) is 7.06. The molecule has 144 valence electrons. The van der Waals surface area contributed by atoms with Crippen molar-refractivity contribution < 1.29 is 21.6 Å². The van der Waals surface area contributed by atoms with Crippen molar-refractivity contribution in [2.75, 3.05) is 6.61 Å². The summed E-state index contributed by atoms with van der Waals surface area (Å²) in [6, 6.07) is 14.2. The van der Waals surface area contributed by atoms with E-state index < -0.39 is 23.0 Å². The molecule has 0 aliphatic carbocycles. The average molecular weight is 404 g/mol. The molecule has 2 aromatic carbocycles. The lowest BCUT2D eigenvalue weighted by Crippen LogP contribution is -2.07. The summed E-state index contributed by atoms with van der Waals surface area (Å²) in [7, 11) is 0. The minimum Gasteiger partial charge on any atom is -0.274 e. The van der Waals surface area contributed by atoms with Gasteiger partial charge in [-0.2, -0.15) is 18.3 Å². The highest BCUT2D eigenvalue weighted by Crippen LogP contribution is 2.33. The van der Waals surface area contributed by atoms with Gasteiger partial charge in [0, 0.05) is 5.56 Å². The van der Waals surface area contributed by atoms with Crippen LogP contribution < -0.4 is 0 Å². The van der Waals surface area contributed by atoms with Gasteiger partial charge < -0.3 is 0 Å². The van der Waals surface area contributed by atoms with Gasteiger partial charge in [0.1, 0.15) is 6.61 Å². The van der Waals surface area contributed by atoms with Gasteiger partial charge in [0.2, 0.25) is 0 Å². The Kier molecular flexibility index (Phi) is 5.68. The lowest BCUT2D eigenvalue weighted by Gasteiger charge is -2.09. The van der Waals surface area contributed by atoms with Crippen molar-refractivity contribution >= 4 is 11.1 Å². The molecule has 0 saturated heterocycles. The molecule has 0 amide bonds. The van der Waals surface area contributed by atoms with E-state index in [1.807, 2.05) is 19.1 Å². The first kappa shape index (κ1) is 19.9. The van der Waals surface area contributed by atoms with Gasteiger partial charge in [0.25, 0.3) is 0 Å². The van der Waals surface area contributed by atoms with E-state index in [2.05, 4.69) is 11.0 Å². The second-order valence-electron chi connectivity index (χ2n) is 5.89. The zero-order valence-electron chi connectivity index (χ0n) is 14.7. The molecule has 1 aromatic heterocycles. The fourth-order valence-corrected chi connectivity index (χ4v) is 3.17. The Morgan fingerprint density at radius 2 is 1.79 bits per heavy atom. The third kappa shape index (κ3) is 4.32. The summed E-state index contributed by atoms with van der Waals surface area (Å²) in [5, 5.41) is 3.73. The highest BCUT2D eigenvalue weighted by atomic mass is 32.2. The molecule has 4 nitrogen and oxygen atoms in total. The van der Waals surface area contributed by atoms with Gasteiger partial charge >= 0.3 is 6.18 Å². The summed E-state index contributed by atoms with van der Waals surface area (Å²) in [6.45, 7) is 1.78. The van der Waals surface area contributed by atoms with Gasteiger partial charge in [0.05, 0.1) is 16.3 Å². The van der Waals surface area contributed by atoms with Crippen LogP contribution in [0.3, 0.4) is 0 Å². The summed E-state index contributed by atoms with van der Waals surface area (Å²) in [5.41, 5.74) is 1.28. The number of halogens is 3. The molecule has 3 rings (SSSR count). The van der Waals surface area contributed by atoms with Gasteiger partial charge in [0.15, 0.2) is 16.8 Å². The Bertz CT molecular complexity index is 1030. The first-order valence-corrected chi connectivity index (χ1v) is 9.20. The minimum absolute atomic E-state index is 0.111. The molecule has 0 aliphatic rings. The van der Waals surface area contributed by atoms with E-state index in [1.54, 1.807) is 12.1 Å². The molecular weight excluding hydrogens is 389 g/mol. The largest absolute Gasteiger partial charge is 0.435 e. The summed E-state index contributed by atoms with van der Waals surface area (Å²) in [6.07, 6.45) is 0.487. The molecule has 0 unspecified atom stereocenters. The SMILES string of the molecule is C#CCO[S@@](=O)c1ccc(-n2nc(C(F)(F)F)cc2-c2ccc(C)cc2)cc1. The molecule has 0 aliphatic heterocycles. The quantitative estimate of drug-likeness (QED) is 0.587. The fraction of sp³-hybridized carbons (Fsp3) is 0.150. The fourth-order valence-electron chi connectivity index (χ4n) is 2.50. The van der Waals surface area contributed by atoms with E-state index in [0.29, 0.717) is 21.8 Å². The summed E-state index contributed by atoms with van der Waals surface area (Å²) in [5.74, 6) is 2.22. The van der Waals surface area contributed by atoms with E-state index in [4.69, 9.17) is 10.6 Å². The van der Waals surface area contributed by atoms with Gasteiger partial charge in [-0.1, -0.05) is 35.7 Å². The second kappa shape index (κ2) is 8.00. The van der Waals surface area contributed by atoms with Crippen LogP contribution in [0.15, 0.2) is 59.5 Å². The molecule has 0 fully saturated rings. The van der Waals surface area contributed by atoms with Gasteiger partial charge in [-0.3, -0.25) is 4.18 Å². The predicted molar refractivity (Wildman–Crippen MR) is 99.9 cm³/mol. The lowest BCUT2D eigenvalue weighted by molar-refractivity contribution is -0.141. The highest BCUT2D eigenvalue weighted by Gasteiger charge is 2.35. The van der Waals surface area contributed by atoms with Crippen LogP contribution in [0.2, 0.25) is 0 Å². The Labute approximate surface area is 162 Å². The van der Waals surface area contributed by atoms with E-state index in [-0.39, 0.29) is 6.61 Å². The van der Waals surface area contributed by atoms with E-state index in [1.165, 1.54) is 28.9 Å². The van der Waals surface area contributed by atoms with Crippen molar-refractivity contribution in [3.63, 3.8) is 0 Å². The first-order chi connectivity index (χ1) is 13.3. The van der Waals surface area contributed by atoms with Gasteiger partial charge in [-0.15, -0.1) is 6.42 Å². The lowest BCUT2D eigenvalue weighted by atomic mass is 10.1. The van der Waals surface area contributed by atoms with Crippen molar-refractivity contribution in [1.29, 1.82) is 0 Å². The molecule has 0 N–H and O–H groups in total. The smallest absolute Gasteiger partial charge is 0.274 e. The molecule has 28 heavy (non-hydrogen) atoms. The van der Waals surface area contributed by atoms with E-state index in [0.717, 1.165) is 11.6 Å². The van der Waals surface area contributed by atoms with Crippen LogP contribution in [-0.2, 0) is 21.4 Å². The number of nitrogens with zero attached hydrogens (tertiary/aromatic N) is 2. The zero-order valence-corrected chi connectivity index (χ0v) is 15.6. The number of hydrogen-bond acceptors (Lipinski definition) is 3. The Morgan fingerprint density at radius 1 is 1.14 bits per heavy atom. The number of aromatic nitrogens is 2. The maximum Gasteiger partial charge on any atom is 0.435 e. The normalized spacial score (nSPS) is 12.5. The molecule has 0 bridgehead atoms. The molecule has 0 radical (unpaired) electrons. The molecule has 0 saturated carbocycles. The molecule has 0 spiro atoms. The Morgan fingerprint density at radius 3 is 2.36 bits per heavy atom. The molecule has 1 heterocycles. The van der Waals surface area contributed by atoms with Crippen LogP contribution in [0.1, 0.15) is 11.3 Å². The average Bonchev–Trinajstić information content (AvgIpc) is 3.12. The molecular formula is C20H15F3N2O2S. The number of aryl methyl sites for hydroxylation is 1. The van der Waals surface area contributed by atoms with Crippen molar-refractivity contribution in [1.82, 2.24) is 9.78 Å². The summed E-state index contributed by atoms with van der Waals surface area (Å²) >= 11 is -1.75. The minimum atomic E-state index is -4.57. The molecule has 8 heteroatoms. The maximum atomic E-state index is 13.2. The summed E-state index contributed by atoms with van der Waals surface area (Å²) in [4.78, 5) is 0.346. The van der Waals surface area contributed by atoms with Gasteiger partial charge in [-0.25, -0.2) is 8.89 Å². The molecule has 3 aromatic rings.